The second-order valence-corrected chi connectivity index (χ2v) is 9.95. The molecule has 3 heterocycles. The molecule has 2 aliphatic rings. The zero-order valence-corrected chi connectivity index (χ0v) is 20.6. The maximum Gasteiger partial charge on any atom is 0.228 e. The van der Waals surface area contributed by atoms with Gasteiger partial charge in [-0.2, -0.15) is 0 Å². The van der Waals surface area contributed by atoms with Crippen LogP contribution >= 0.6 is 0 Å². The van der Waals surface area contributed by atoms with Gasteiger partial charge in [-0.1, -0.05) is 38.1 Å². The number of allylic oxidation sites excluding steroid dienone is 2. The topological polar surface area (TPSA) is 87.8 Å². The van der Waals surface area contributed by atoms with E-state index >= 15 is 0 Å². The number of Topliss-reactive ketones (excluding diaryl/α,β-unsaturated/α-hetero) is 1. The molecule has 0 spiro atoms. The third-order valence-corrected chi connectivity index (χ3v) is 6.86. The Labute approximate surface area is 208 Å². The quantitative estimate of drug-likeness (QED) is 0.406. The molecule has 0 amide bonds. The molecular formula is C28H26N4O4. The van der Waals surface area contributed by atoms with Gasteiger partial charge in [0.15, 0.2) is 17.3 Å². The van der Waals surface area contributed by atoms with Crippen molar-refractivity contribution in [2.75, 3.05) is 14.2 Å². The van der Waals surface area contributed by atoms with Gasteiger partial charge in [-0.15, -0.1) is 5.10 Å². The van der Waals surface area contributed by atoms with E-state index in [-0.39, 0.29) is 17.1 Å². The fourth-order valence-corrected chi connectivity index (χ4v) is 5.22. The van der Waals surface area contributed by atoms with E-state index in [1.54, 1.807) is 25.1 Å². The summed E-state index contributed by atoms with van der Waals surface area (Å²) in [7, 11) is 3.25. The summed E-state index contributed by atoms with van der Waals surface area (Å²) in [6.45, 7) is 4.18. The van der Waals surface area contributed by atoms with E-state index in [4.69, 9.17) is 19.2 Å². The lowest BCUT2D eigenvalue weighted by molar-refractivity contribution is -0.118. The van der Waals surface area contributed by atoms with Crippen LogP contribution in [0.5, 0.6) is 17.4 Å². The van der Waals surface area contributed by atoms with Crippen LogP contribution in [0.15, 0.2) is 66.2 Å². The molecule has 0 radical (unpaired) electrons. The second kappa shape index (κ2) is 8.19. The fraction of sp³-hybridized carbons (Fsp3) is 0.286. The molecular weight excluding hydrogens is 456 g/mol. The molecule has 1 atom stereocenters. The van der Waals surface area contributed by atoms with E-state index in [2.05, 4.69) is 23.9 Å². The first-order valence-corrected chi connectivity index (χ1v) is 11.9. The van der Waals surface area contributed by atoms with Crippen molar-refractivity contribution in [2.45, 2.75) is 32.6 Å². The Bertz CT molecular complexity index is 1540. The van der Waals surface area contributed by atoms with Crippen molar-refractivity contribution in [3.63, 3.8) is 0 Å². The average Bonchev–Trinajstić information content (AvgIpc) is 3.31. The van der Waals surface area contributed by atoms with E-state index in [0.717, 1.165) is 22.4 Å². The smallest absolute Gasteiger partial charge is 0.228 e. The Hall–Kier alpha value is -4.20. The van der Waals surface area contributed by atoms with Gasteiger partial charge in [-0.3, -0.25) is 4.79 Å². The summed E-state index contributed by atoms with van der Waals surface area (Å²) in [5.74, 6) is 2.76. The molecule has 0 saturated heterocycles. The lowest BCUT2D eigenvalue weighted by atomic mass is 9.70. The SMILES string of the molecule is COc1ccc(C2C3=C(CC(C)(C)CC3=O)Oc3ncn4nc(-c5ccccc5OC)nc4c32)cc1. The summed E-state index contributed by atoms with van der Waals surface area (Å²) in [4.78, 5) is 23.1. The van der Waals surface area contributed by atoms with Gasteiger partial charge in [0.05, 0.1) is 25.3 Å². The summed E-state index contributed by atoms with van der Waals surface area (Å²) >= 11 is 0. The monoisotopic (exact) mass is 482 g/mol. The van der Waals surface area contributed by atoms with Gasteiger partial charge in [-0.25, -0.2) is 14.5 Å². The Morgan fingerprint density at radius 2 is 1.81 bits per heavy atom. The van der Waals surface area contributed by atoms with Crippen molar-refractivity contribution in [1.82, 2.24) is 19.6 Å². The van der Waals surface area contributed by atoms with Gasteiger partial charge in [0.2, 0.25) is 5.88 Å². The molecule has 4 aromatic rings. The third kappa shape index (κ3) is 3.52. The lowest BCUT2D eigenvalue weighted by Crippen LogP contribution is -2.33. The van der Waals surface area contributed by atoms with E-state index in [1.165, 1.54) is 0 Å². The minimum atomic E-state index is -0.385. The molecule has 182 valence electrons. The average molecular weight is 483 g/mol. The van der Waals surface area contributed by atoms with Crippen molar-refractivity contribution < 1.29 is 19.0 Å². The minimum absolute atomic E-state index is 0.0826. The molecule has 6 rings (SSSR count). The van der Waals surface area contributed by atoms with Gasteiger partial charge in [0, 0.05) is 24.3 Å². The first kappa shape index (κ1) is 22.3. The molecule has 36 heavy (non-hydrogen) atoms. The lowest BCUT2D eigenvalue weighted by Gasteiger charge is -2.37. The molecule has 1 aliphatic heterocycles. The standard InChI is InChI=1S/C28H26N4O4/c1-28(2)13-19(33)23-21(14-28)36-27-24(22(23)16-9-11-17(34-3)12-10-16)26-30-25(31-32(26)15-29-27)18-7-5-6-8-20(18)35-4/h5-12,15,22H,13-14H2,1-4H3. The van der Waals surface area contributed by atoms with Crippen LogP contribution in [0.1, 0.15) is 43.7 Å². The van der Waals surface area contributed by atoms with E-state index in [0.29, 0.717) is 47.3 Å². The first-order chi connectivity index (χ1) is 17.4. The van der Waals surface area contributed by atoms with E-state index in [9.17, 15) is 4.79 Å². The number of carbonyl (C=O) groups is 1. The number of nitrogens with zero attached hydrogens (tertiary/aromatic N) is 4. The van der Waals surface area contributed by atoms with Crippen molar-refractivity contribution in [1.29, 1.82) is 0 Å². The van der Waals surface area contributed by atoms with Crippen molar-refractivity contribution in [3.8, 4) is 28.8 Å². The summed E-state index contributed by atoms with van der Waals surface area (Å²) in [5, 5.41) is 4.69. The number of ketones is 1. The predicted molar refractivity (Wildman–Crippen MR) is 133 cm³/mol. The molecule has 0 saturated carbocycles. The normalized spacial score (nSPS) is 18.4. The molecule has 8 nitrogen and oxygen atoms in total. The van der Waals surface area contributed by atoms with E-state index < -0.39 is 0 Å². The molecule has 0 bridgehead atoms. The van der Waals surface area contributed by atoms with Crippen LogP contribution in [0.2, 0.25) is 0 Å². The number of aromatic nitrogens is 4. The Morgan fingerprint density at radius 3 is 2.56 bits per heavy atom. The number of para-hydroxylation sites is 1. The third-order valence-electron chi connectivity index (χ3n) is 6.86. The van der Waals surface area contributed by atoms with Gasteiger partial charge in [0.1, 0.15) is 23.6 Å². The highest BCUT2D eigenvalue weighted by atomic mass is 16.5. The zero-order chi connectivity index (χ0) is 25.0. The molecule has 0 N–H and O–H groups in total. The van der Waals surface area contributed by atoms with Crippen LogP contribution in [0.25, 0.3) is 17.0 Å². The highest BCUT2D eigenvalue weighted by Gasteiger charge is 2.44. The fourth-order valence-electron chi connectivity index (χ4n) is 5.22. The second-order valence-electron chi connectivity index (χ2n) is 9.95. The molecule has 2 aromatic heterocycles. The van der Waals surface area contributed by atoms with Gasteiger partial charge >= 0.3 is 0 Å². The summed E-state index contributed by atoms with van der Waals surface area (Å²) in [6.07, 6.45) is 2.71. The van der Waals surface area contributed by atoms with Gasteiger partial charge < -0.3 is 14.2 Å². The molecule has 0 fully saturated rings. The van der Waals surface area contributed by atoms with Crippen molar-refractivity contribution in [2.24, 2.45) is 5.41 Å². The number of hydrogen-bond acceptors (Lipinski definition) is 7. The van der Waals surface area contributed by atoms with Gasteiger partial charge in [0.25, 0.3) is 0 Å². The zero-order valence-electron chi connectivity index (χ0n) is 20.6. The molecule has 8 heteroatoms. The van der Waals surface area contributed by atoms with Crippen LogP contribution in [-0.2, 0) is 4.79 Å². The largest absolute Gasteiger partial charge is 0.497 e. The van der Waals surface area contributed by atoms with Crippen LogP contribution < -0.4 is 14.2 Å². The van der Waals surface area contributed by atoms with Crippen LogP contribution in [0.3, 0.4) is 0 Å². The molecule has 1 aliphatic carbocycles. The first-order valence-electron chi connectivity index (χ1n) is 11.9. The van der Waals surface area contributed by atoms with Crippen LogP contribution in [0.4, 0.5) is 0 Å². The van der Waals surface area contributed by atoms with Crippen molar-refractivity contribution >= 4 is 11.4 Å². The van der Waals surface area contributed by atoms with Gasteiger partial charge in [-0.05, 0) is 35.2 Å². The van der Waals surface area contributed by atoms with Crippen LogP contribution in [0, 0.1) is 5.41 Å². The highest BCUT2D eigenvalue weighted by Crippen LogP contribution is 2.50. The maximum absolute atomic E-state index is 13.6. The number of rotatable bonds is 4. The summed E-state index contributed by atoms with van der Waals surface area (Å²) in [5.41, 5.74) is 3.51. The Morgan fingerprint density at radius 1 is 1.03 bits per heavy atom. The summed E-state index contributed by atoms with van der Waals surface area (Å²) < 4.78 is 18.9. The number of fused-ring (bicyclic) bond motifs is 3. The highest BCUT2D eigenvalue weighted by molar-refractivity contribution is 6.00. The number of carbonyl (C=O) groups excluding carboxylic acids is 1. The Kier molecular flexibility index (Phi) is 5.07. The molecule has 2 aromatic carbocycles. The van der Waals surface area contributed by atoms with E-state index in [1.807, 2.05) is 48.5 Å². The Balaban J connectivity index is 1.59. The number of hydrogen-bond donors (Lipinski definition) is 0. The van der Waals surface area contributed by atoms with Crippen molar-refractivity contribution in [3.05, 3.63) is 77.3 Å². The minimum Gasteiger partial charge on any atom is -0.497 e. The maximum atomic E-state index is 13.6. The van der Waals surface area contributed by atoms with Crippen LogP contribution in [-0.4, -0.2) is 39.6 Å². The summed E-state index contributed by atoms with van der Waals surface area (Å²) in [6, 6.07) is 15.4. The number of methoxy groups -OCH3 is 2. The number of benzene rings is 2. The predicted octanol–water partition coefficient (Wildman–Crippen LogP) is 4.98. The number of ether oxygens (including phenoxy) is 3. The molecule has 1 unspecified atom stereocenters.